The van der Waals surface area contributed by atoms with Crippen molar-refractivity contribution in [3.8, 4) is 0 Å². The molecule has 0 heterocycles. The van der Waals surface area contributed by atoms with Gasteiger partial charge in [-0.2, -0.15) is 0 Å². The number of benzene rings is 1. The first kappa shape index (κ1) is 18.4. The van der Waals surface area contributed by atoms with Crippen molar-refractivity contribution in [3.63, 3.8) is 0 Å². The third kappa shape index (κ3) is 5.60. The Morgan fingerprint density at radius 3 is 2.27 bits per heavy atom. The molecular weight excluding hydrogens is 304 g/mol. The number of halogens is 1. The molecular formula is C17H21ClO4. The highest BCUT2D eigenvalue weighted by Crippen LogP contribution is 2.25. The van der Waals surface area contributed by atoms with Gasteiger partial charge in [0.2, 0.25) is 0 Å². The largest absolute Gasteiger partial charge is 0.469 e. The van der Waals surface area contributed by atoms with E-state index in [0.29, 0.717) is 23.4 Å². The molecule has 0 spiro atoms. The smallest absolute Gasteiger partial charge is 0.313 e. The highest BCUT2D eigenvalue weighted by atomic mass is 35.5. The summed E-state index contributed by atoms with van der Waals surface area (Å²) in [5, 5.41) is 0.563. The van der Waals surface area contributed by atoms with Crippen LogP contribution in [0, 0.1) is 5.92 Å². The molecule has 0 amide bonds. The SMILES string of the molecule is COC(=O)[C@@H](CC(=O)[C@@H](C)CCC(C)=O)c1ccc(Cl)cc1. The molecule has 0 N–H and O–H groups in total. The van der Waals surface area contributed by atoms with Gasteiger partial charge in [-0.1, -0.05) is 30.7 Å². The van der Waals surface area contributed by atoms with Crippen LogP contribution in [0.1, 0.15) is 44.6 Å². The third-order valence-electron chi connectivity index (χ3n) is 3.64. The van der Waals surface area contributed by atoms with Crippen LogP contribution in [0.25, 0.3) is 0 Å². The first-order chi connectivity index (χ1) is 10.3. The van der Waals surface area contributed by atoms with E-state index in [9.17, 15) is 14.4 Å². The van der Waals surface area contributed by atoms with Crippen LogP contribution in [0.15, 0.2) is 24.3 Å². The van der Waals surface area contributed by atoms with E-state index in [0.717, 1.165) is 0 Å². The quantitative estimate of drug-likeness (QED) is 0.686. The number of Topliss-reactive ketones (excluding diaryl/α,β-unsaturated/α-hetero) is 2. The van der Waals surface area contributed by atoms with Crippen LogP contribution < -0.4 is 0 Å². The summed E-state index contributed by atoms with van der Waals surface area (Å²) >= 11 is 5.84. The van der Waals surface area contributed by atoms with Gasteiger partial charge in [-0.3, -0.25) is 9.59 Å². The Kier molecular flexibility index (Phi) is 7.25. The molecule has 0 aliphatic rings. The molecule has 2 atom stereocenters. The van der Waals surface area contributed by atoms with Crippen LogP contribution in [0.4, 0.5) is 0 Å². The lowest BCUT2D eigenvalue weighted by Crippen LogP contribution is -2.22. The summed E-state index contributed by atoms with van der Waals surface area (Å²) in [5.74, 6) is -1.35. The fourth-order valence-electron chi connectivity index (χ4n) is 2.16. The average Bonchev–Trinajstić information content (AvgIpc) is 2.50. The van der Waals surface area contributed by atoms with Gasteiger partial charge in [0.1, 0.15) is 11.6 Å². The molecule has 0 unspecified atom stereocenters. The summed E-state index contributed by atoms with van der Waals surface area (Å²) in [4.78, 5) is 35.2. The zero-order chi connectivity index (χ0) is 16.7. The van der Waals surface area contributed by atoms with Gasteiger partial charge in [-0.05, 0) is 31.0 Å². The predicted octanol–water partition coefficient (Wildman–Crippen LogP) is 3.56. The molecule has 4 nitrogen and oxygen atoms in total. The third-order valence-corrected chi connectivity index (χ3v) is 3.89. The number of methoxy groups -OCH3 is 1. The molecule has 1 rings (SSSR count). The van der Waals surface area contributed by atoms with E-state index >= 15 is 0 Å². The van der Waals surface area contributed by atoms with Crippen LogP contribution in [0.2, 0.25) is 5.02 Å². The van der Waals surface area contributed by atoms with Gasteiger partial charge in [0.25, 0.3) is 0 Å². The zero-order valence-electron chi connectivity index (χ0n) is 13.1. The van der Waals surface area contributed by atoms with E-state index in [-0.39, 0.29) is 23.9 Å². The Bertz CT molecular complexity index is 536. The molecule has 22 heavy (non-hydrogen) atoms. The van der Waals surface area contributed by atoms with E-state index in [1.54, 1.807) is 31.2 Å². The van der Waals surface area contributed by atoms with E-state index in [4.69, 9.17) is 16.3 Å². The zero-order valence-corrected chi connectivity index (χ0v) is 13.9. The van der Waals surface area contributed by atoms with Crippen molar-refractivity contribution >= 4 is 29.1 Å². The number of rotatable bonds is 8. The highest BCUT2D eigenvalue weighted by Gasteiger charge is 2.26. The minimum absolute atomic E-state index is 0.0494. The number of hydrogen-bond acceptors (Lipinski definition) is 4. The van der Waals surface area contributed by atoms with Crippen LogP contribution in [0.3, 0.4) is 0 Å². The summed E-state index contributed by atoms with van der Waals surface area (Å²) in [6.07, 6.45) is 0.937. The maximum atomic E-state index is 12.3. The Hall–Kier alpha value is -1.68. The van der Waals surface area contributed by atoms with Gasteiger partial charge in [0, 0.05) is 23.8 Å². The molecule has 0 radical (unpaired) electrons. The summed E-state index contributed by atoms with van der Waals surface area (Å²) < 4.78 is 4.80. The number of ether oxygens (including phenoxy) is 1. The molecule has 120 valence electrons. The maximum absolute atomic E-state index is 12.3. The van der Waals surface area contributed by atoms with Gasteiger partial charge >= 0.3 is 5.97 Å². The van der Waals surface area contributed by atoms with Crippen LogP contribution in [0.5, 0.6) is 0 Å². The Balaban J connectivity index is 2.81. The lowest BCUT2D eigenvalue weighted by Gasteiger charge is -2.17. The first-order valence-electron chi connectivity index (χ1n) is 7.20. The Morgan fingerprint density at radius 1 is 1.18 bits per heavy atom. The highest BCUT2D eigenvalue weighted by molar-refractivity contribution is 6.30. The summed E-state index contributed by atoms with van der Waals surface area (Å²) in [5.41, 5.74) is 0.698. The standard InChI is InChI=1S/C17H21ClO4/c1-11(4-5-12(2)19)16(20)10-15(17(21)22-3)13-6-8-14(18)9-7-13/h6-9,11,15H,4-5,10H2,1-3H3/t11-,15-/m0/s1. The number of carbonyl (C=O) groups excluding carboxylic acids is 3. The lowest BCUT2D eigenvalue weighted by atomic mass is 9.88. The Morgan fingerprint density at radius 2 is 1.77 bits per heavy atom. The molecule has 0 aromatic heterocycles. The molecule has 0 fully saturated rings. The second kappa shape index (κ2) is 8.69. The van der Waals surface area contributed by atoms with Gasteiger partial charge in [-0.15, -0.1) is 0 Å². The van der Waals surface area contributed by atoms with Gasteiger partial charge in [0.05, 0.1) is 13.0 Å². The molecule has 1 aromatic carbocycles. The first-order valence-corrected chi connectivity index (χ1v) is 7.58. The van der Waals surface area contributed by atoms with Gasteiger partial charge < -0.3 is 9.53 Å². The fourth-order valence-corrected chi connectivity index (χ4v) is 2.28. The molecule has 0 aliphatic heterocycles. The Labute approximate surface area is 135 Å². The lowest BCUT2D eigenvalue weighted by molar-refractivity contribution is -0.144. The van der Waals surface area contributed by atoms with Gasteiger partial charge in [-0.25, -0.2) is 0 Å². The molecule has 0 saturated carbocycles. The summed E-state index contributed by atoms with van der Waals surface area (Å²) in [6.45, 7) is 3.28. The van der Waals surface area contributed by atoms with E-state index in [2.05, 4.69) is 0 Å². The van der Waals surface area contributed by atoms with Crippen LogP contribution in [-0.2, 0) is 19.1 Å². The van der Waals surface area contributed by atoms with Crippen molar-refractivity contribution in [2.75, 3.05) is 7.11 Å². The van der Waals surface area contributed by atoms with Crippen molar-refractivity contribution in [1.29, 1.82) is 0 Å². The van der Waals surface area contributed by atoms with Crippen molar-refractivity contribution < 1.29 is 19.1 Å². The van der Waals surface area contributed by atoms with E-state index in [1.165, 1.54) is 14.0 Å². The molecule has 1 aromatic rings. The molecule has 0 aliphatic carbocycles. The number of hydrogen-bond donors (Lipinski definition) is 0. The number of esters is 1. The average molecular weight is 325 g/mol. The summed E-state index contributed by atoms with van der Waals surface area (Å²) in [6, 6.07) is 6.79. The van der Waals surface area contributed by atoms with Crippen LogP contribution >= 0.6 is 11.6 Å². The number of carbonyl (C=O) groups is 3. The molecule has 0 bridgehead atoms. The van der Waals surface area contributed by atoms with Gasteiger partial charge in [0.15, 0.2) is 0 Å². The second-order valence-electron chi connectivity index (χ2n) is 5.44. The second-order valence-corrected chi connectivity index (χ2v) is 5.88. The van der Waals surface area contributed by atoms with E-state index < -0.39 is 11.9 Å². The minimum atomic E-state index is -0.644. The monoisotopic (exact) mass is 324 g/mol. The maximum Gasteiger partial charge on any atom is 0.313 e. The molecule has 5 heteroatoms. The summed E-state index contributed by atoms with van der Waals surface area (Å²) in [7, 11) is 1.30. The van der Waals surface area contributed by atoms with E-state index in [1.807, 2.05) is 0 Å². The normalized spacial score (nSPS) is 13.3. The number of ketones is 2. The van der Waals surface area contributed by atoms with Crippen molar-refractivity contribution in [2.45, 2.75) is 39.0 Å². The molecule has 0 saturated heterocycles. The minimum Gasteiger partial charge on any atom is -0.469 e. The van der Waals surface area contributed by atoms with Crippen molar-refractivity contribution in [3.05, 3.63) is 34.9 Å². The topological polar surface area (TPSA) is 60.4 Å². The fraction of sp³-hybridized carbons (Fsp3) is 0.471. The van der Waals surface area contributed by atoms with Crippen molar-refractivity contribution in [1.82, 2.24) is 0 Å². The van der Waals surface area contributed by atoms with Crippen molar-refractivity contribution in [2.24, 2.45) is 5.92 Å². The van der Waals surface area contributed by atoms with Crippen LogP contribution in [-0.4, -0.2) is 24.6 Å². The predicted molar refractivity (Wildman–Crippen MR) is 84.9 cm³/mol.